The fourth-order valence-corrected chi connectivity index (χ4v) is 8.82. The number of esters is 1. The molecule has 0 saturated carbocycles. The van der Waals surface area contributed by atoms with Crippen molar-refractivity contribution in [3.05, 3.63) is 58.6 Å². The number of rotatable bonds is 6. The molecule has 1 aromatic carbocycles. The number of aliphatic hydroxyl groups is 1. The van der Waals surface area contributed by atoms with Crippen molar-refractivity contribution in [2.75, 3.05) is 19.7 Å². The molecule has 2 fully saturated rings. The van der Waals surface area contributed by atoms with Crippen molar-refractivity contribution in [1.82, 2.24) is 15.1 Å². The van der Waals surface area contributed by atoms with Crippen LogP contribution >= 0.6 is 15.9 Å². The normalized spacial score (nSPS) is 31.7. The number of benzene rings is 1. The van der Waals surface area contributed by atoms with E-state index in [1.165, 1.54) is 4.90 Å². The Morgan fingerprint density at radius 1 is 1.06 bits per heavy atom. The Hall–Kier alpha value is -3.02. The van der Waals surface area contributed by atoms with Crippen molar-refractivity contribution in [3.8, 4) is 0 Å². The fraction of sp³-hybridized carbons (Fsp3) is 0.611. The summed E-state index contributed by atoms with van der Waals surface area (Å²) in [4.78, 5) is 59.7. The third kappa shape index (κ3) is 6.94. The molecule has 1 spiro atoms. The second-order valence-corrected chi connectivity index (χ2v) is 16.1. The van der Waals surface area contributed by atoms with E-state index in [1.54, 1.807) is 17.9 Å². The molecule has 47 heavy (non-hydrogen) atoms. The van der Waals surface area contributed by atoms with E-state index in [-0.39, 0.29) is 36.7 Å². The minimum absolute atomic E-state index is 0.124. The van der Waals surface area contributed by atoms with E-state index in [9.17, 15) is 19.5 Å². The van der Waals surface area contributed by atoms with Gasteiger partial charge >= 0.3 is 5.97 Å². The Kier molecular flexibility index (Phi) is 10.1. The van der Waals surface area contributed by atoms with E-state index in [1.807, 2.05) is 56.3 Å². The number of fused-ring (bicyclic) bond motifs is 2. The van der Waals surface area contributed by atoms with Gasteiger partial charge in [0.25, 0.3) is 0 Å². The van der Waals surface area contributed by atoms with Crippen LogP contribution in [0.1, 0.15) is 66.4 Å². The summed E-state index contributed by atoms with van der Waals surface area (Å²) in [5.41, 5.74) is -1.36. The highest BCUT2D eigenvalue weighted by Crippen LogP contribution is 2.59. The van der Waals surface area contributed by atoms with Gasteiger partial charge in [0.2, 0.25) is 17.7 Å². The zero-order valence-electron chi connectivity index (χ0n) is 28.2. The number of nitrogens with zero attached hydrogens (tertiary/aromatic N) is 2. The first kappa shape index (κ1) is 35.3. The molecule has 11 heteroatoms. The molecule has 0 unspecified atom stereocenters. The predicted octanol–water partition coefficient (Wildman–Crippen LogP) is 3.90. The van der Waals surface area contributed by atoms with E-state index < -0.39 is 65.8 Å². The number of likely N-dealkylation sites (tertiary alicyclic amines) is 1. The maximum Gasteiger partial charge on any atom is 0.313 e. The van der Waals surface area contributed by atoms with E-state index in [0.717, 1.165) is 5.56 Å². The van der Waals surface area contributed by atoms with Gasteiger partial charge in [0.15, 0.2) is 0 Å². The van der Waals surface area contributed by atoms with E-state index >= 15 is 4.79 Å². The summed E-state index contributed by atoms with van der Waals surface area (Å²) >= 11 is 3.60. The molecule has 4 aliphatic heterocycles. The summed E-state index contributed by atoms with van der Waals surface area (Å²) in [7, 11) is 0. The summed E-state index contributed by atoms with van der Waals surface area (Å²) in [6.07, 6.45) is 5.78. The largest absolute Gasteiger partial charge is 0.460 e. The van der Waals surface area contributed by atoms with Gasteiger partial charge in [0, 0.05) is 23.0 Å². The topological polar surface area (TPSA) is 125 Å². The van der Waals surface area contributed by atoms with Crippen molar-refractivity contribution in [2.24, 2.45) is 17.3 Å². The molecular weight excluding hydrogens is 666 g/mol. The lowest BCUT2D eigenvalue weighted by Gasteiger charge is -2.46. The molecule has 4 aliphatic rings. The third-order valence-electron chi connectivity index (χ3n) is 9.64. The second kappa shape index (κ2) is 13.5. The minimum Gasteiger partial charge on any atom is -0.460 e. The van der Waals surface area contributed by atoms with Crippen LogP contribution in [0.3, 0.4) is 0 Å². The molecule has 0 radical (unpaired) electrons. The van der Waals surface area contributed by atoms with Crippen LogP contribution in [0.5, 0.6) is 0 Å². The number of amides is 3. The van der Waals surface area contributed by atoms with Crippen LogP contribution in [0.4, 0.5) is 0 Å². The third-order valence-corrected chi connectivity index (χ3v) is 10.3. The average Bonchev–Trinajstić information content (AvgIpc) is 3.58. The molecule has 2 saturated heterocycles. The Morgan fingerprint density at radius 3 is 2.43 bits per heavy atom. The van der Waals surface area contributed by atoms with Crippen molar-refractivity contribution in [2.45, 2.75) is 103 Å². The van der Waals surface area contributed by atoms with Crippen molar-refractivity contribution < 1.29 is 33.8 Å². The van der Waals surface area contributed by atoms with Crippen molar-refractivity contribution >= 4 is 39.6 Å². The van der Waals surface area contributed by atoms with E-state index in [4.69, 9.17) is 9.47 Å². The average molecular weight is 715 g/mol. The van der Waals surface area contributed by atoms with Gasteiger partial charge in [-0.3, -0.25) is 19.2 Å². The maximum atomic E-state index is 15.3. The number of hydrogen-bond acceptors (Lipinski definition) is 7. The van der Waals surface area contributed by atoms with E-state index in [2.05, 4.69) is 42.0 Å². The monoisotopic (exact) mass is 713 g/mol. The first-order chi connectivity index (χ1) is 22.1. The Labute approximate surface area is 286 Å². The quantitative estimate of drug-likeness (QED) is 0.339. The molecule has 4 heterocycles. The smallest absolute Gasteiger partial charge is 0.313 e. The molecule has 1 aromatic rings. The Morgan fingerprint density at radius 2 is 1.77 bits per heavy atom. The summed E-state index contributed by atoms with van der Waals surface area (Å²) in [6, 6.07) is 7.62. The minimum atomic E-state index is -1.46. The Bertz CT molecular complexity index is 1440. The summed E-state index contributed by atoms with van der Waals surface area (Å²) in [5, 5.41) is 13.7. The molecule has 7 atom stereocenters. The number of carbonyl (C=O) groups excluding carboxylic acids is 4. The number of aliphatic hydroxyl groups excluding tert-OH is 1. The highest BCUT2D eigenvalue weighted by atomic mass is 79.9. The number of carbonyl (C=O) groups is 4. The molecule has 0 aromatic heterocycles. The SMILES string of the molecule is C[C@H]1CNC(=O)CC/C=C\CN(C(C)(C)CC(C)(C)C)C(=O)[C@H]2N([C@@H](CO)Cc3ccccc3)C(=O)[C@@H]3[C@@H](C(=O)O1)[C@@H]1O[C@@]32C=C1Br. The summed E-state index contributed by atoms with van der Waals surface area (Å²) in [5.74, 6) is -3.62. The number of allylic oxidation sites excluding steroid dienone is 1. The first-order valence-corrected chi connectivity index (χ1v) is 17.4. The van der Waals surface area contributed by atoms with Gasteiger partial charge in [-0.25, -0.2) is 0 Å². The van der Waals surface area contributed by atoms with Crippen LogP contribution in [0, 0.1) is 17.3 Å². The van der Waals surface area contributed by atoms with Crippen LogP contribution in [0.25, 0.3) is 0 Å². The van der Waals surface area contributed by atoms with Crippen molar-refractivity contribution in [3.63, 3.8) is 0 Å². The first-order valence-electron chi connectivity index (χ1n) is 16.6. The van der Waals surface area contributed by atoms with Gasteiger partial charge in [-0.05, 0) is 57.1 Å². The van der Waals surface area contributed by atoms with Crippen LogP contribution in [0.2, 0.25) is 0 Å². The summed E-state index contributed by atoms with van der Waals surface area (Å²) < 4.78 is 13.0. The lowest BCUT2D eigenvalue weighted by molar-refractivity contribution is -0.160. The molecular formula is C36H48BrN3O7. The van der Waals surface area contributed by atoms with Gasteiger partial charge < -0.3 is 29.7 Å². The van der Waals surface area contributed by atoms with Crippen LogP contribution < -0.4 is 5.32 Å². The fourth-order valence-electron chi connectivity index (χ4n) is 8.09. The predicted molar refractivity (Wildman–Crippen MR) is 180 cm³/mol. The van der Waals surface area contributed by atoms with E-state index in [0.29, 0.717) is 23.7 Å². The van der Waals surface area contributed by atoms with Gasteiger partial charge in [0.1, 0.15) is 29.8 Å². The van der Waals surface area contributed by atoms with Crippen LogP contribution in [-0.4, -0.2) is 93.7 Å². The molecule has 10 nitrogen and oxygen atoms in total. The molecule has 5 rings (SSSR count). The van der Waals surface area contributed by atoms with Gasteiger partial charge in [-0.1, -0.05) is 79.2 Å². The number of cyclic esters (lactones) is 1. The van der Waals surface area contributed by atoms with Gasteiger partial charge in [-0.2, -0.15) is 0 Å². The highest BCUT2D eigenvalue weighted by molar-refractivity contribution is 9.11. The van der Waals surface area contributed by atoms with Crippen LogP contribution in [-0.2, 0) is 35.1 Å². The van der Waals surface area contributed by atoms with Crippen LogP contribution in [0.15, 0.2) is 53.0 Å². The molecule has 256 valence electrons. The Balaban J connectivity index is 1.66. The second-order valence-electron chi connectivity index (χ2n) is 15.2. The zero-order valence-corrected chi connectivity index (χ0v) is 29.8. The number of ether oxygens (including phenoxy) is 2. The molecule has 0 aliphatic carbocycles. The summed E-state index contributed by atoms with van der Waals surface area (Å²) in [6.45, 7) is 12.1. The highest BCUT2D eigenvalue weighted by Gasteiger charge is 2.75. The molecule has 2 N–H and O–H groups in total. The zero-order chi connectivity index (χ0) is 34.3. The maximum absolute atomic E-state index is 15.3. The lowest BCUT2D eigenvalue weighted by atomic mass is 9.74. The number of nitrogens with one attached hydrogen (secondary N) is 1. The van der Waals surface area contributed by atoms with Crippen molar-refractivity contribution in [1.29, 1.82) is 0 Å². The molecule has 5 bridgehead atoms. The number of hydrogen-bond donors (Lipinski definition) is 2. The number of halogens is 1. The lowest BCUT2D eigenvalue weighted by Crippen LogP contribution is -2.62. The molecule has 3 amide bonds. The standard InChI is InChI=1S/C36H48BrN3O7/c1-22-19-38-26(42)15-11-8-12-16-39(35(5,6)21-34(2,3)4)32(44)30-36-18-25(37)29(47-36)27(33(45)46-22)28(36)31(43)40(30)24(20-41)17-23-13-9-7-10-14-23/h7-10,12-14,18,22,24,27-30,41H,11,15-17,19-21H2,1-6H3,(H,38,42)/b12-8-/t22-,24+,27+,28-,29+,30+,36-/m0/s1. The van der Waals surface area contributed by atoms with Gasteiger partial charge in [-0.15, -0.1) is 0 Å². The van der Waals surface area contributed by atoms with Gasteiger partial charge in [0.05, 0.1) is 25.1 Å².